The average Bonchev–Trinajstić information content (AvgIpc) is 2.20. The molecule has 0 amide bonds. The summed E-state index contributed by atoms with van der Waals surface area (Å²) in [5.74, 6) is 0. The van der Waals surface area contributed by atoms with Crippen molar-refractivity contribution in [3.8, 4) is 0 Å². The predicted molar refractivity (Wildman–Crippen MR) is 62.3 cm³/mol. The maximum Gasteiger partial charge on any atom is 0.0543 e. The van der Waals surface area contributed by atoms with Crippen molar-refractivity contribution in [2.24, 2.45) is 0 Å². The maximum absolute atomic E-state index is 9.53. The summed E-state index contributed by atoms with van der Waals surface area (Å²) in [4.78, 5) is 0. The van der Waals surface area contributed by atoms with Gasteiger partial charge in [0.15, 0.2) is 0 Å². The minimum Gasteiger partial charge on any atom is -0.393 e. The van der Waals surface area contributed by atoms with Crippen LogP contribution in [0.25, 0.3) is 0 Å². The Morgan fingerprint density at radius 1 is 1.07 bits per heavy atom. The van der Waals surface area contributed by atoms with Crippen LogP contribution in [0.4, 0.5) is 0 Å². The zero-order valence-electron chi connectivity index (χ0n) is 9.63. The zero-order chi connectivity index (χ0) is 10.6. The third-order valence-electron chi connectivity index (χ3n) is 2.20. The molecule has 0 spiro atoms. The fourth-order valence-electron chi connectivity index (χ4n) is 1.25. The molecule has 0 aromatic rings. The predicted octanol–water partition coefficient (Wildman–Crippen LogP) is 3.83. The highest BCUT2D eigenvalue weighted by atomic mass is 16.3. The average molecular weight is 196 g/mol. The van der Waals surface area contributed by atoms with Crippen LogP contribution in [0, 0.1) is 0 Å². The zero-order valence-corrected chi connectivity index (χ0v) is 9.63. The molecule has 1 atom stereocenters. The fourth-order valence-corrected chi connectivity index (χ4v) is 1.25. The van der Waals surface area contributed by atoms with Gasteiger partial charge in [-0.3, -0.25) is 0 Å². The van der Waals surface area contributed by atoms with Gasteiger partial charge in [-0.1, -0.05) is 33.1 Å². The van der Waals surface area contributed by atoms with Crippen LogP contribution in [0.5, 0.6) is 0 Å². The normalized spacial score (nSPS) is 11.9. The summed E-state index contributed by atoms with van der Waals surface area (Å²) in [7, 11) is 0. The van der Waals surface area contributed by atoms with E-state index in [2.05, 4.69) is 25.7 Å². The van der Waals surface area contributed by atoms with E-state index in [9.17, 15) is 5.11 Å². The van der Waals surface area contributed by atoms with E-state index >= 15 is 0 Å². The SMILES string of the molecule is CCCC=C=CCC[C@H](O)CCCC. The maximum atomic E-state index is 9.53. The van der Waals surface area contributed by atoms with E-state index in [-0.39, 0.29) is 6.10 Å². The van der Waals surface area contributed by atoms with E-state index in [1.54, 1.807) is 0 Å². The van der Waals surface area contributed by atoms with Gasteiger partial charge in [0.1, 0.15) is 0 Å². The molecule has 1 heteroatoms. The molecule has 0 aliphatic carbocycles. The van der Waals surface area contributed by atoms with Gasteiger partial charge in [0, 0.05) is 0 Å². The molecule has 0 bridgehead atoms. The second-order valence-corrected chi connectivity index (χ2v) is 3.74. The standard InChI is InChI=1S/C13H24O/c1-3-5-7-8-9-10-12-13(14)11-6-4-2/h7,9,13-14H,3-6,10-12H2,1-2H3/t8?,13-/m1/s1. The van der Waals surface area contributed by atoms with Gasteiger partial charge < -0.3 is 5.11 Å². The Labute approximate surface area is 88.5 Å². The number of aliphatic hydroxyl groups excluding tert-OH is 1. The minimum absolute atomic E-state index is 0.112. The first-order chi connectivity index (χ1) is 6.81. The lowest BCUT2D eigenvalue weighted by Gasteiger charge is -2.06. The Morgan fingerprint density at radius 2 is 1.79 bits per heavy atom. The largest absolute Gasteiger partial charge is 0.393 e. The van der Waals surface area contributed by atoms with Crippen LogP contribution in [-0.2, 0) is 0 Å². The van der Waals surface area contributed by atoms with Crippen LogP contribution in [0.15, 0.2) is 17.9 Å². The summed E-state index contributed by atoms with van der Waals surface area (Å²) in [5, 5.41) is 9.53. The first-order valence-corrected chi connectivity index (χ1v) is 5.88. The molecule has 0 unspecified atom stereocenters. The van der Waals surface area contributed by atoms with E-state index in [0.717, 1.165) is 32.1 Å². The van der Waals surface area contributed by atoms with Gasteiger partial charge in [-0.25, -0.2) is 0 Å². The highest BCUT2D eigenvalue weighted by Crippen LogP contribution is 2.06. The van der Waals surface area contributed by atoms with Crippen LogP contribution >= 0.6 is 0 Å². The minimum atomic E-state index is -0.112. The third kappa shape index (κ3) is 9.57. The first kappa shape index (κ1) is 13.5. The molecule has 0 fully saturated rings. The second kappa shape index (κ2) is 10.6. The van der Waals surface area contributed by atoms with Gasteiger partial charge >= 0.3 is 0 Å². The van der Waals surface area contributed by atoms with Crippen molar-refractivity contribution in [1.29, 1.82) is 0 Å². The van der Waals surface area contributed by atoms with Crippen molar-refractivity contribution < 1.29 is 5.11 Å². The van der Waals surface area contributed by atoms with E-state index in [1.807, 2.05) is 6.08 Å². The molecule has 0 aromatic heterocycles. The first-order valence-electron chi connectivity index (χ1n) is 5.88. The van der Waals surface area contributed by atoms with Crippen LogP contribution in [-0.4, -0.2) is 11.2 Å². The number of aliphatic hydroxyl groups is 1. The molecule has 0 radical (unpaired) electrons. The number of unbranched alkanes of at least 4 members (excludes halogenated alkanes) is 2. The van der Waals surface area contributed by atoms with Gasteiger partial charge in [0.2, 0.25) is 0 Å². The van der Waals surface area contributed by atoms with Crippen molar-refractivity contribution >= 4 is 0 Å². The van der Waals surface area contributed by atoms with Gasteiger partial charge in [0.25, 0.3) is 0 Å². The smallest absolute Gasteiger partial charge is 0.0543 e. The Bertz CT molecular complexity index is 166. The van der Waals surface area contributed by atoms with E-state index < -0.39 is 0 Å². The summed E-state index contributed by atoms with van der Waals surface area (Å²) in [6.45, 7) is 4.31. The van der Waals surface area contributed by atoms with Crippen molar-refractivity contribution in [1.82, 2.24) is 0 Å². The Balaban J connectivity index is 3.38. The van der Waals surface area contributed by atoms with Crippen LogP contribution in [0.2, 0.25) is 0 Å². The molecule has 0 aliphatic heterocycles. The molecule has 0 heterocycles. The van der Waals surface area contributed by atoms with Crippen molar-refractivity contribution in [2.45, 2.75) is 64.9 Å². The highest BCUT2D eigenvalue weighted by Gasteiger charge is 2.00. The molecule has 1 nitrogen and oxygen atoms in total. The Hall–Kier alpha value is -0.520. The lowest BCUT2D eigenvalue weighted by Crippen LogP contribution is -2.04. The summed E-state index contributed by atoms with van der Waals surface area (Å²) in [5.41, 5.74) is 3.14. The monoisotopic (exact) mass is 196 g/mol. The van der Waals surface area contributed by atoms with E-state index in [0.29, 0.717) is 0 Å². The van der Waals surface area contributed by atoms with Crippen LogP contribution in [0.3, 0.4) is 0 Å². The van der Waals surface area contributed by atoms with Crippen molar-refractivity contribution in [3.05, 3.63) is 17.9 Å². The third-order valence-corrected chi connectivity index (χ3v) is 2.20. The van der Waals surface area contributed by atoms with Crippen molar-refractivity contribution in [3.63, 3.8) is 0 Å². The number of hydrogen-bond donors (Lipinski definition) is 1. The molecule has 0 rings (SSSR count). The lowest BCUT2D eigenvalue weighted by atomic mass is 10.1. The van der Waals surface area contributed by atoms with E-state index in [4.69, 9.17) is 0 Å². The van der Waals surface area contributed by atoms with Gasteiger partial charge in [0.05, 0.1) is 6.10 Å². The molecule has 0 aliphatic rings. The quantitative estimate of drug-likeness (QED) is 0.585. The summed E-state index contributed by atoms with van der Waals surface area (Å²) in [6, 6.07) is 0. The van der Waals surface area contributed by atoms with Gasteiger partial charge in [-0.05, 0) is 37.8 Å². The molecule has 0 saturated heterocycles. The number of hydrogen-bond acceptors (Lipinski definition) is 1. The topological polar surface area (TPSA) is 20.2 Å². The second-order valence-electron chi connectivity index (χ2n) is 3.74. The highest BCUT2D eigenvalue weighted by molar-refractivity contribution is 4.84. The Morgan fingerprint density at radius 3 is 2.43 bits per heavy atom. The molecule has 14 heavy (non-hydrogen) atoms. The van der Waals surface area contributed by atoms with Crippen LogP contribution < -0.4 is 0 Å². The molecule has 0 aromatic carbocycles. The summed E-state index contributed by atoms with van der Waals surface area (Å²) < 4.78 is 0. The number of allylic oxidation sites excluding steroid dienone is 1. The Kier molecular flexibility index (Phi) is 10.2. The molecule has 0 saturated carbocycles. The van der Waals surface area contributed by atoms with Gasteiger partial charge in [-0.15, -0.1) is 5.73 Å². The molecular formula is C13H24O. The van der Waals surface area contributed by atoms with Crippen molar-refractivity contribution in [2.75, 3.05) is 0 Å². The van der Waals surface area contributed by atoms with Gasteiger partial charge in [-0.2, -0.15) is 0 Å². The number of rotatable bonds is 8. The van der Waals surface area contributed by atoms with Crippen LogP contribution in [0.1, 0.15) is 58.8 Å². The molecule has 1 N–H and O–H groups in total. The fraction of sp³-hybridized carbons (Fsp3) is 0.769. The van der Waals surface area contributed by atoms with E-state index in [1.165, 1.54) is 12.8 Å². The summed E-state index contributed by atoms with van der Waals surface area (Å²) >= 11 is 0. The molecule has 82 valence electrons. The summed E-state index contributed by atoms with van der Waals surface area (Å²) in [6.07, 6.45) is 11.4. The lowest BCUT2D eigenvalue weighted by molar-refractivity contribution is 0.153. The molecular weight excluding hydrogens is 172 g/mol.